The minimum absolute atomic E-state index is 0.123. The van der Waals surface area contributed by atoms with Gasteiger partial charge >= 0.3 is 0 Å². The fraction of sp³-hybridized carbons (Fsp3) is 0.200. The Labute approximate surface area is 146 Å². The molecule has 0 radical (unpaired) electrons. The normalized spacial score (nSPS) is 10.8. The molecule has 128 valence electrons. The number of hydrogen-bond acceptors (Lipinski definition) is 3. The third-order valence-corrected chi connectivity index (χ3v) is 4.51. The molecule has 5 heteroatoms. The van der Waals surface area contributed by atoms with Crippen LogP contribution in [0.2, 0.25) is 0 Å². The Morgan fingerprint density at radius 1 is 1.04 bits per heavy atom. The first kappa shape index (κ1) is 16.8. The molecule has 1 amide bonds. The fourth-order valence-corrected chi connectivity index (χ4v) is 3.08. The van der Waals surface area contributed by atoms with E-state index in [0.29, 0.717) is 27.9 Å². The Morgan fingerprint density at radius 2 is 1.76 bits per heavy atom. The number of carbonyl (C=O) groups excluding carboxylic acids is 2. The summed E-state index contributed by atoms with van der Waals surface area (Å²) < 4.78 is 7.22. The van der Waals surface area contributed by atoms with Crippen molar-refractivity contribution in [2.45, 2.75) is 20.8 Å². The van der Waals surface area contributed by atoms with Gasteiger partial charge in [0.2, 0.25) is 0 Å². The lowest BCUT2D eigenvalue weighted by molar-refractivity contribution is 0.0840. The van der Waals surface area contributed by atoms with Gasteiger partial charge in [-0.15, -0.1) is 0 Å². The molecule has 2 aromatic carbocycles. The Morgan fingerprint density at radius 3 is 2.48 bits per heavy atom. The largest absolute Gasteiger partial charge is 0.483 e. The molecule has 0 saturated heterocycles. The number of ether oxygens (including phenoxy) is 1. The highest BCUT2D eigenvalue weighted by atomic mass is 16.5. The number of benzene rings is 2. The summed E-state index contributed by atoms with van der Waals surface area (Å²) in [5.74, 6) is -0.115. The van der Waals surface area contributed by atoms with E-state index in [1.807, 2.05) is 44.2 Å². The Balaban J connectivity index is 1.96. The number of nitrogens with two attached hydrogens (primary N) is 1. The number of carbonyl (C=O) groups is 2. The monoisotopic (exact) mass is 336 g/mol. The number of aromatic nitrogens is 1. The molecule has 0 spiro atoms. The highest BCUT2D eigenvalue weighted by Crippen LogP contribution is 2.26. The van der Waals surface area contributed by atoms with Gasteiger partial charge in [-0.1, -0.05) is 30.3 Å². The third-order valence-electron chi connectivity index (χ3n) is 4.51. The number of primary amides is 1. The Hall–Kier alpha value is -3.08. The predicted octanol–water partition coefficient (Wildman–Crippen LogP) is 3.38. The highest BCUT2D eigenvalue weighted by Gasteiger charge is 2.21. The van der Waals surface area contributed by atoms with Crippen molar-refractivity contribution in [3.63, 3.8) is 0 Å². The molecule has 3 aromatic rings. The molecular weight excluding hydrogens is 316 g/mol. The van der Waals surface area contributed by atoms with Crippen LogP contribution in [0.5, 0.6) is 5.75 Å². The average molecular weight is 336 g/mol. The first-order chi connectivity index (χ1) is 11.9. The molecular formula is C20H20N2O3. The summed E-state index contributed by atoms with van der Waals surface area (Å²) in [5.41, 5.74) is 9.16. The molecule has 0 atom stereocenters. The molecule has 5 nitrogen and oxygen atoms in total. The average Bonchev–Trinajstić information content (AvgIpc) is 2.88. The second-order valence-electron chi connectivity index (χ2n) is 6.06. The molecule has 25 heavy (non-hydrogen) atoms. The summed E-state index contributed by atoms with van der Waals surface area (Å²) >= 11 is 0. The number of nitrogens with zero attached hydrogens (tertiary/aromatic N) is 1. The second-order valence-corrected chi connectivity index (χ2v) is 6.06. The predicted molar refractivity (Wildman–Crippen MR) is 97.2 cm³/mol. The summed E-state index contributed by atoms with van der Waals surface area (Å²) in [7, 11) is 0. The summed E-state index contributed by atoms with van der Waals surface area (Å²) in [5, 5.41) is 0.674. The van der Waals surface area contributed by atoms with Crippen molar-refractivity contribution in [2.75, 3.05) is 6.61 Å². The zero-order valence-corrected chi connectivity index (χ0v) is 14.5. The van der Waals surface area contributed by atoms with Crippen LogP contribution in [0.15, 0.2) is 42.5 Å². The van der Waals surface area contributed by atoms with E-state index in [0.717, 1.165) is 11.1 Å². The van der Waals surface area contributed by atoms with Gasteiger partial charge in [0.15, 0.2) is 6.61 Å². The van der Waals surface area contributed by atoms with Crippen LogP contribution in [-0.2, 0) is 0 Å². The minimum Gasteiger partial charge on any atom is -0.483 e. The van der Waals surface area contributed by atoms with E-state index >= 15 is 0 Å². The summed E-state index contributed by atoms with van der Waals surface area (Å²) in [6, 6.07) is 12.9. The minimum atomic E-state index is -0.546. The standard InChI is InChI=1S/C20H20N2O3/c1-12-7-6-10-17(13(12)2)25-11-18(23)22-14(3)19(20(21)24)15-8-4-5-9-16(15)22/h4-10H,11H2,1-3H3,(H2,21,24). The van der Waals surface area contributed by atoms with Crippen LogP contribution in [0.4, 0.5) is 0 Å². The molecule has 1 aromatic heterocycles. The van der Waals surface area contributed by atoms with E-state index in [-0.39, 0.29) is 12.5 Å². The van der Waals surface area contributed by atoms with Gasteiger partial charge < -0.3 is 10.5 Å². The molecule has 0 saturated carbocycles. The van der Waals surface area contributed by atoms with Gasteiger partial charge in [0.25, 0.3) is 11.8 Å². The number of aryl methyl sites for hydroxylation is 1. The Kier molecular flexibility index (Phi) is 4.31. The smallest absolute Gasteiger partial charge is 0.269 e. The maximum Gasteiger partial charge on any atom is 0.269 e. The fourth-order valence-electron chi connectivity index (χ4n) is 3.08. The van der Waals surface area contributed by atoms with E-state index in [1.165, 1.54) is 4.57 Å². The van der Waals surface area contributed by atoms with Crippen molar-refractivity contribution < 1.29 is 14.3 Å². The molecule has 2 N–H and O–H groups in total. The summed E-state index contributed by atoms with van der Waals surface area (Å²) in [4.78, 5) is 24.6. The molecule has 0 aliphatic carbocycles. The maximum absolute atomic E-state index is 12.8. The van der Waals surface area contributed by atoms with Gasteiger partial charge in [-0.3, -0.25) is 14.2 Å². The van der Waals surface area contributed by atoms with Crippen molar-refractivity contribution >= 4 is 22.7 Å². The molecule has 0 unspecified atom stereocenters. The topological polar surface area (TPSA) is 74.3 Å². The first-order valence-electron chi connectivity index (χ1n) is 8.04. The zero-order valence-electron chi connectivity index (χ0n) is 14.5. The Bertz CT molecular complexity index is 986. The number of amides is 1. The number of hydrogen-bond donors (Lipinski definition) is 1. The maximum atomic E-state index is 12.8. The van der Waals surface area contributed by atoms with Gasteiger partial charge in [-0.25, -0.2) is 0 Å². The molecule has 0 aliphatic heterocycles. The number of fused-ring (bicyclic) bond motifs is 1. The van der Waals surface area contributed by atoms with E-state index in [4.69, 9.17) is 10.5 Å². The quantitative estimate of drug-likeness (QED) is 0.793. The number of rotatable bonds is 4. The lowest BCUT2D eigenvalue weighted by atomic mass is 10.1. The third kappa shape index (κ3) is 2.89. The molecule has 1 heterocycles. The summed E-state index contributed by atoms with van der Waals surface area (Å²) in [6.07, 6.45) is 0. The van der Waals surface area contributed by atoms with Crippen LogP contribution in [0.25, 0.3) is 10.9 Å². The van der Waals surface area contributed by atoms with Crippen LogP contribution < -0.4 is 10.5 Å². The van der Waals surface area contributed by atoms with Gasteiger partial charge in [-0.05, 0) is 44.0 Å². The molecule has 3 rings (SSSR count). The van der Waals surface area contributed by atoms with Gasteiger partial charge in [0, 0.05) is 11.1 Å². The van der Waals surface area contributed by atoms with E-state index in [2.05, 4.69) is 0 Å². The van der Waals surface area contributed by atoms with Gasteiger partial charge in [0.05, 0.1) is 11.1 Å². The molecule has 0 aliphatic rings. The molecule has 0 bridgehead atoms. The van der Waals surface area contributed by atoms with Crippen molar-refractivity contribution in [1.82, 2.24) is 4.57 Å². The van der Waals surface area contributed by atoms with E-state index in [1.54, 1.807) is 19.1 Å². The summed E-state index contributed by atoms with van der Waals surface area (Å²) in [6.45, 7) is 5.54. The van der Waals surface area contributed by atoms with Crippen LogP contribution in [0.1, 0.15) is 32.0 Å². The van der Waals surface area contributed by atoms with E-state index in [9.17, 15) is 9.59 Å². The van der Waals surface area contributed by atoms with Crippen LogP contribution in [0.3, 0.4) is 0 Å². The van der Waals surface area contributed by atoms with Crippen molar-refractivity contribution in [3.8, 4) is 5.75 Å². The van der Waals surface area contributed by atoms with Gasteiger partial charge in [-0.2, -0.15) is 0 Å². The zero-order chi connectivity index (χ0) is 18.1. The lowest BCUT2D eigenvalue weighted by Crippen LogP contribution is -2.21. The molecule has 0 fully saturated rings. The highest BCUT2D eigenvalue weighted by molar-refractivity contribution is 6.10. The van der Waals surface area contributed by atoms with Crippen molar-refractivity contribution in [2.24, 2.45) is 5.73 Å². The van der Waals surface area contributed by atoms with Crippen LogP contribution in [0, 0.1) is 20.8 Å². The lowest BCUT2D eigenvalue weighted by Gasteiger charge is -2.12. The van der Waals surface area contributed by atoms with Gasteiger partial charge in [0.1, 0.15) is 5.75 Å². The SMILES string of the molecule is Cc1cccc(OCC(=O)n2c(C)c(C(N)=O)c3ccccc32)c1C. The number of para-hydroxylation sites is 1. The van der Waals surface area contributed by atoms with Crippen molar-refractivity contribution in [1.29, 1.82) is 0 Å². The second kappa shape index (κ2) is 6.43. The first-order valence-corrected chi connectivity index (χ1v) is 8.04. The van der Waals surface area contributed by atoms with Crippen LogP contribution in [-0.4, -0.2) is 23.0 Å². The van der Waals surface area contributed by atoms with Crippen molar-refractivity contribution in [3.05, 3.63) is 64.8 Å². The van der Waals surface area contributed by atoms with E-state index < -0.39 is 5.91 Å². The van der Waals surface area contributed by atoms with Crippen LogP contribution >= 0.6 is 0 Å².